The highest BCUT2D eigenvalue weighted by molar-refractivity contribution is 4.97. The molecule has 5 heteroatoms. The number of rotatable bonds is 6. The summed E-state index contributed by atoms with van der Waals surface area (Å²) in [4.78, 5) is 5.36. The lowest BCUT2D eigenvalue weighted by atomic mass is 9.83. The van der Waals surface area contributed by atoms with Gasteiger partial charge in [-0.2, -0.15) is 0 Å². The van der Waals surface area contributed by atoms with Crippen LogP contribution in [-0.2, 0) is 14.2 Å². The first-order chi connectivity index (χ1) is 12.6. The van der Waals surface area contributed by atoms with E-state index >= 15 is 0 Å². The molecular weight excluding hydrogens is 328 g/mol. The van der Waals surface area contributed by atoms with Crippen LogP contribution in [0.2, 0.25) is 0 Å². The highest BCUT2D eigenvalue weighted by Gasteiger charge is 2.46. The molecule has 3 heterocycles. The fourth-order valence-electron chi connectivity index (χ4n) is 5.44. The third kappa shape index (κ3) is 3.97. The minimum Gasteiger partial charge on any atom is -0.380 e. The Morgan fingerprint density at radius 2 is 1.19 bits per heavy atom. The lowest BCUT2D eigenvalue weighted by Crippen LogP contribution is -2.61. The molecule has 0 aromatic carbocycles. The van der Waals surface area contributed by atoms with Gasteiger partial charge >= 0.3 is 0 Å². The van der Waals surface area contributed by atoms with Gasteiger partial charge in [-0.1, -0.05) is 0 Å². The topological polar surface area (TPSA) is 34.2 Å². The number of nitrogens with zero attached hydrogens (tertiary/aromatic N) is 2. The molecule has 4 unspecified atom stereocenters. The van der Waals surface area contributed by atoms with Crippen LogP contribution in [0.5, 0.6) is 0 Å². The van der Waals surface area contributed by atoms with Crippen LogP contribution in [-0.4, -0.2) is 86.7 Å². The number of morpholine rings is 2. The van der Waals surface area contributed by atoms with E-state index in [1.807, 2.05) is 0 Å². The third-order valence-electron chi connectivity index (χ3n) is 6.95. The Hall–Kier alpha value is -0.200. The summed E-state index contributed by atoms with van der Waals surface area (Å²) in [7, 11) is 0. The van der Waals surface area contributed by atoms with E-state index in [0.717, 1.165) is 51.2 Å². The number of hydrogen-bond acceptors (Lipinski definition) is 5. The molecule has 4 atom stereocenters. The van der Waals surface area contributed by atoms with Crippen LogP contribution in [0.1, 0.15) is 39.5 Å². The second-order valence-electron chi connectivity index (χ2n) is 10.0. The van der Waals surface area contributed by atoms with Crippen LogP contribution < -0.4 is 0 Å². The maximum Gasteiger partial charge on any atom is 0.0734 e. The summed E-state index contributed by atoms with van der Waals surface area (Å²) in [6, 6.07) is 0. The molecule has 3 saturated heterocycles. The molecule has 2 aliphatic carbocycles. The average molecular weight is 365 g/mol. The second-order valence-corrected chi connectivity index (χ2v) is 10.0. The van der Waals surface area contributed by atoms with Gasteiger partial charge in [0, 0.05) is 44.7 Å². The van der Waals surface area contributed by atoms with Crippen molar-refractivity contribution in [3.63, 3.8) is 0 Å². The van der Waals surface area contributed by atoms with Gasteiger partial charge in [-0.25, -0.2) is 0 Å². The standard InChI is InChI=1S/C21H36N2O3/c1-15-7-22(9-19(25-15)17-3-4-17)11-21(13-24-14-21)12-23-8-16(2)26-20(10-23)18-5-6-18/h15-20H,3-14H2,1-2H3. The van der Waals surface area contributed by atoms with E-state index in [0.29, 0.717) is 29.8 Å². The summed E-state index contributed by atoms with van der Waals surface area (Å²) in [5.74, 6) is 1.65. The van der Waals surface area contributed by atoms with Gasteiger partial charge in [-0.15, -0.1) is 0 Å². The van der Waals surface area contributed by atoms with Gasteiger partial charge in [0.1, 0.15) is 0 Å². The molecule has 0 aromatic heterocycles. The summed E-state index contributed by atoms with van der Waals surface area (Å²) in [5, 5.41) is 0. The summed E-state index contributed by atoms with van der Waals surface area (Å²) >= 11 is 0. The van der Waals surface area contributed by atoms with Gasteiger partial charge in [0.05, 0.1) is 37.6 Å². The van der Waals surface area contributed by atoms with Crippen LogP contribution in [0.25, 0.3) is 0 Å². The van der Waals surface area contributed by atoms with Crippen molar-refractivity contribution in [2.75, 3.05) is 52.5 Å². The Balaban J connectivity index is 1.20. The van der Waals surface area contributed by atoms with Crippen molar-refractivity contribution < 1.29 is 14.2 Å². The first kappa shape index (κ1) is 17.9. The van der Waals surface area contributed by atoms with Gasteiger partial charge in [-0.3, -0.25) is 9.80 Å². The van der Waals surface area contributed by atoms with Crippen molar-refractivity contribution in [3.8, 4) is 0 Å². The van der Waals surface area contributed by atoms with E-state index in [2.05, 4.69) is 23.6 Å². The molecule has 5 fully saturated rings. The van der Waals surface area contributed by atoms with E-state index in [1.54, 1.807) is 0 Å². The molecule has 26 heavy (non-hydrogen) atoms. The molecule has 0 radical (unpaired) electrons. The van der Waals surface area contributed by atoms with Crippen LogP contribution in [0, 0.1) is 17.3 Å². The Kier molecular flexibility index (Phi) is 4.81. The molecular formula is C21H36N2O3. The predicted octanol–water partition coefficient (Wildman–Crippen LogP) is 2.00. The molecule has 5 rings (SSSR count). The first-order valence-corrected chi connectivity index (χ1v) is 10.9. The van der Waals surface area contributed by atoms with Crippen molar-refractivity contribution in [3.05, 3.63) is 0 Å². The number of ether oxygens (including phenoxy) is 3. The largest absolute Gasteiger partial charge is 0.380 e. The van der Waals surface area contributed by atoms with Crippen molar-refractivity contribution in [2.24, 2.45) is 17.3 Å². The second kappa shape index (κ2) is 7.00. The highest BCUT2D eigenvalue weighted by atomic mass is 16.5. The predicted molar refractivity (Wildman–Crippen MR) is 100 cm³/mol. The molecule has 0 bridgehead atoms. The maximum absolute atomic E-state index is 6.22. The molecule has 3 aliphatic heterocycles. The Bertz CT molecular complexity index is 463. The van der Waals surface area contributed by atoms with Crippen molar-refractivity contribution in [1.29, 1.82) is 0 Å². The molecule has 0 amide bonds. The van der Waals surface area contributed by atoms with E-state index < -0.39 is 0 Å². The van der Waals surface area contributed by atoms with E-state index in [1.165, 1.54) is 38.8 Å². The van der Waals surface area contributed by atoms with Crippen LogP contribution in [0.4, 0.5) is 0 Å². The Labute approximate surface area is 158 Å². The fraction of sp³-hybridized carbons (Fsp3) is 1.00. The molecule has 148 valence electrons. The molecule has 5 nitrogen and oxygen atoms in total. The average Bonchev–Trinajstić information content (AvgIpc) is 3.45. The van der Waals surface area contributed by atoms with Crippen LogP contribution in [0.15, 0.2) is 0 Å². The Morgan fingerprint density at radius 3 is 1.54 bits per heavy atom. The molecule has 0 N–H and O–H groups in total. The summed E-state index contributed by atoms with van der Waals surface area (Å²) in [6.07, 6.45) is 7.16. The lowest BCUT2D eigenvalue weighted by molar-refractivity contribution is -0.171. The van der Waals surface area contributed by atoms with Gasteiger partial charge in [-0.05, 0) is 51.4 Å². The highest BCUT2D eigenvalue weighted by Crippen LogP contribution is 2.40. The Morgan fingerprint density at radius 1 is 0.731 bits per heavy atom. The van der Waals surface area contributed by atoms with Gasteiger partial charge in [0.25, 0.3) is 0 Å². The first-order valence-electron chi connectivity index (χ1n) is 10.9. The zero-order valence-corrected chi connectivity index (χ0v) is 16.6. The van der Waals surface area contributed by atoms with Gasteiger partial charge < -0.3 is 14.2 Å². The monoisotopic (exact) mass is 364 g/mol. The van der Waals surface area contributed by atoms with Crippen molar-refractivity contribution in [1.82, 2.24) is 9.80 Å². The minimum absolute atomic E-state index is 0.316. The number of hydrogen-bond donors (Lipinski definition) is 0. The smallest absolute Gasteiger partial charge is 0.0734 e. The van der Waals surface area contributed by atoms with E-state index in [4.69, 9.17) is 14.2 Å². The van der Waals surface area contributed by atoms with Gasteiger partial charge in [0.2, 0.25) is 0 Å². The molecule has 0 spiro atoms. The molecule has 0 aromatic rings. The third-order valence-corrected chi connectivity index (χ3v) is 6.95. The van der Waals surface area contributed by atoms with Crippen molar-refractivity contribution in [2.45, 2.75) is 63.9 Å². The fourth-order valence-corrected chi connectivity index (χ4v) is 5.44. The minimum atomic E-state index is 0.316. The summed E-state index contributed by atoms with van der Waals surface area (Å²) in [5.41, 5.74) is 0.316. The van der Waals surface area contributed by atoms with E-state index in [-0.39, 0.29) is 0 Å². The maximum atomic E-state index is 6.22. The normalized spacial score (nSPS) is 41.8. The van der Waals surface area contributed by atoms with Crippen LogP contribution >= 0.6 is 0 Å². The quantitative estimate of drug-likeness (QED) is 0.720. The van der Waals surface area contributed by atoms with Crippen molar-refractivity contribution >= 4 is 0 Å². The molecule has 2 saturated carbocycles. The van der Waals surface area contributed by atoms with Gasteiger partial charge in [0.15, 0.2) is 0 Å². The lowest BCUT2D eigenvalue weighted by Gasteiger charge is -2.50. The van der Waals surface area contributed by atoms with Crippen LogP contribution in [0.3, 0.4) is 0 Å². The summed E-state index contributed by atoms with van der Waals surface area (Å²) < 4.78 is 18.2. The zero-order valence-electron chi connectivity index (χ0n) is 16.6. The molecule has 5 aliphatic rings. The van der Waals surface area contributed by atoms with E-state index in [9.17, 15) is 0 Å². The SMILES string of the molecule is CC1CN(CC2(CN3CC(C)OC(C4CC4)C3)COC2)CC(C2CC2)O1. The summed E-state index contributed by atoms with van der Waals surface area (Å²) in [6.45, 7) is 13.1. The zero-order chi connectivity index (χ0) is 17.7.